The lowest BCUT2D eigenvalue weighted by Gasteiger charge is -2.31. The van der Waals surface area contributed by atoms with Crippen LogP contribution in [-0.2, 0) is 4.79 Å². The number of piperazine rings is 1. The Balaban J connectivity index is 0.000000310. The molecule has 0 aromatic heterocycles. The zero-order valence-corrected chi connectivity index (χ0v) is 9.12. The number of aldehydes is 1. The Hall–Kier alpha value is -0.410. The maximum Gasteiger partial charge on any atom is 0.119 e. The fourth-order valence-electron chi connectivity index (χ4n) is 1.16. The molecule has 0 bridgehead atoms. The highest BCUT2D eigenvalue weighted by Crippen LogP contribution is 1.96. The van der Waals surface area contributed by atoms with Crippen LogP contribution in [0.2, 0.25) is 0 Å². The van der Waals surface area contributed by atoms with Gasteiger partial charge in [-0.2, -0.15) is 0 Å². The first-order valence-corrected chi connectivity index (χ1v) is 5.09. The molecule has 0 spiro atoms. The standard InChI is InChI=1S/C7H16N2.C3H6O/c1-3-9-6-4-8(2)5-7-9;1-2-3-4/h3-7H2,1-2H3;3H,2H2,1H3. The summed E-state index contributed by atoms with van der Waals surface area (Å²) in [5, 5.41) is 0. The SMILES string of the molecule is CCC=O.CCN1CCN(C)CC1. The Morgan fingerprint density at radius 3 is 1.92 bits per heavy atom. The van der Waals surface area contributed by atoms with Gasteiger partial charge in [-0.1, -0.05) is 13.8 Å². The van der Waals surface area contributed by atoms with E-state index < -0.39 is 0 Å². The van der Waals surface area contributed by atoms with Crippen molar-refractivity contribution in [2.75, 3.05) is 39.8 Å². The van der Waals surface area contributed by atoms with E-state index in [2.05, 4.69) is 23.8 Å². The van der Waals surface area contributed by atoms with Crippen LogP contribution >= 0.6 is 0 Å². The molecule has 1 heterocycles. The third kappa shape index (κ3) is 6.72. The summed E-state index contributed by atoms with van der Waals surface area (Å²) in [6.45, 7) is 10.3. The first kappa shape index (κ1) is 12.6. The van der Waals surface area contributed by atoms with Gasteiger partial charge in [-0.3, -0.25) is 0 Å². The van der Waals surface area contributed by atoms with Crippen LogP contribution in [0, 0.1) is 0 Å². The first-order valence-electron chi connectivity index (χ1n) is 5.09. The summed E-state index contributed by atoms with van der Waals surface area (Å²) in [5.41, 5.74) is 0. The quantitative estimate of drug-likeness (QED) is 0.597. The molecule has 1 aliphatic rings. The Morgan fingerprint density at radius 1 is 1.15 bits per heavy atom. The molecular formula is C10H22N2O. The van der Waals surface area contributed by atoms with E-state index >= 15 is 0 Å². The predicted octanol–water partition coefficient (Wildman–Crippen LogP) is 0.849. The minimum Gasteiger partial charge on any atom is -0.304 e. The summed E-state index contributed by atoms with van der Waals surface area (Å²) in [6, 6.07) is 0. The summed E-state index contributed by atoms with van der Waals surface area (Å²) in [5.74, 6) is 0. The number of carbonyl (C=O) groups excluding carboxylic acids is 1. The molecule has 1 rings (SSSR count). The van der Waals surface area contributed by atoms with Crippen molar-refractivity contribution in [3.8, 4) is 0 Å². The molecule has 0 saturated carbocycles. The van der Waals surface area contributed by atoms with Gasteiger partial charge in [0, 0.05) is 32.6 Å². The van der Waals surface area contributed by atoms with Crippen LogP contribution in [0.15, 0.2) is 0 Å². The molecule has 0 aromatic carbocycles. The number of nitrogens with zero attached hydrogens (tertiary/aromatic N) is 2. The van der Waals surface area contributed by atoms with E-state index in [1.54, 1.807) is 0 Å². The van der Waals surface area contributed by atoms with E-state index in [-0.39, 0.29) is 0 Å². The fraction of sp³-hybridized carbons (Fsp3) is 0.900. The van der Waals surface area contributed by atoms with E-state index in [0.29, 0.717) is 6.42 Å². The van der Waals surface area contributed by atoms with Crippen LogP contribution in [0.5, 0.6) is 0 Å². The van der Waals surface area contributed by atoms with Gasteiger partial charge in [0.25, 0.3) is 0 Å². The number of likely N-dealkylation sites (N-methyl/N-ethyl adjacent to an activating group) is 2. The molecule has 0 amide bonds. The van der Waals surface area contributed by atoms with Crippen LogP contribution in [0.1, 0.15) is 20.3 Å². The third-order valence-electron chi connectivity index (χ3n) is 2.21. The van der Waals surface area contributed by atoms with Crippen LogP contribution in [0.4, 0.5) is 0 Å². The topological polar surface area (TPSA) is 23.6 Å². The normalized spacial score (nSPS) is 19.0. The molecule has 78 valence electrons. The van der Waals surface area contributed by atoms with Crippen LogP contribution in [0.25, 0.3) is 0 Å². The molecule has 1 saturated heterocycles. The van der Waals surface area contributed by atoms with Crippen molar-refractivity contribution < 1.29 is 4.79 Å². The van der Waals surface area contributed by atoms with Crippen LogP contribution < -0.4 is 0 Å². The number of rotatable bonds is 2. The summed E-state index contributed by atoms with van der Waals surface area (Å²) < 4.78 is 0. The van der Waals surface area contributed by atoms with Gasteiger partial charge in [0.1, 0.15) is 6.29 Å². The molecule has 0 radical (unpaired) electrons. The lowest BCUT2D eigenvalue weighted by molar-refractivity contribution is -0.107. The molecule has 0 aliphatic carbocycles. The lowest BCUT2D eigenvalue weighted by Crippen LogP contribution is -2.44. The van der Waals surface area contributed by atoms with Crippen molar-refractivity contribution in [3.05, 3.63) is 0 Å². The van der Waals surface area contributed by atoms with Crippen molar-refractivity contribution in [1.29, 1.82) is 0 Å². The molecular weight excluding hydrogens is 164 g/mol. The Bertz CT molecular complexity index is 120. The molecule has 0 unspecified atom stereocenters. The summed E-state index contributed by atoms with van der Waals surface area (Å²) >= 11 is 0. The number of hydrogen-bond acceptors (Lipinski definition) is 3. The smallest absolute Gasteiger partial charge is 0.119 e. The van der Waals surface area contributed by atoms with Crippen molar-refractivity contribution >= 4 is 6.29 Å². The Labute approximate surface area is 81.7 Å². The average molecular weight is 186 g/mol. The molecule has 0 atom stereocenters. The number of hydrogen-bond donors (Lipinski definition) is 0. The second kappa shape index (κ2) is 8.20. The second-order valence-electron chi connectivity index (χ2n) is 3.31. The maximum absolute atomic E-state index is 9.17. The summed E-state index contributed by atoms with van der Waals surface area (Å²) in [4.78, 5) is 14.0. The van der Waals surface area contributed by atoms with Gasteiger partial charge in [-0.05, 0) is 13.6 Å². The monoisotopic (exact) mass is 186 g/mol. The first-order chi connectivity index (χ1) is 6.24. The molecule has 1 aliphatic heterocycles. The summed E-state index contributed by atoms with van der Waals surface area (Å²) in [6.07, 6.45) is 1.51. The highest BCUT2D eigenvalue weighted by atomic mass is 16.1. The van der Waals surface area contributed by atoms with E-state index in [4.69, 9.17) is 0 Å². The maximum atomic E-state index is 9.17. The van der Waals surface area contributed by atoms with Crippen molar-refractivity contribution in [2.45, 2.75) is 20.3 Å². The van der Waals surface area contributed by atoms with Crippen molar-refractivity contribution in [2.24, 2.45) is 0 Å². The molecule has 3 nitrogen and oxygen atoms in total. The van der Waals surface area contributed by atoms with E-state index in [9.17, 15) is 4.79 Å². The fourth-order valence-corrected chi connectivity index (χ4v) is 1.16. The minimum absolute atomic E-state index is 0.639. The largest absolute Gasteiger partial charge is 0.304 e. The van der Waals surface area contributed by atoms with Crippen LogP contribution in [-0.4, -0.2) is 55.9 Å². The number of carbonyl (C=O) groups is 1. The van der Waals surface area contributed by atoms with Crippen LogP contribution in [0.3, 0.4) is 0 Å². The Morgan fingerprint density at radius 2 is 1.62 bits per heavy atom. The molecule has 0 aromatic rings. The van der Waals surface area contributed by atoms with Gasteiger partial charge in [-0.25, -0.2) is 0 Å². The predicted molar refractivity (Wildman–Crippen MR) is 56.0 cm³/mol. The van der Waals surface area contributed by atoms with Gasteiger partial charge in [0.2, 0.25) is 0 Å². The van der Waals surface area contributed by atoms with E-state index in [1.165, 1.54) is 32.7 Å². The zero-order valence-electron chi connectivity index (χ0n) is 9.12. The van der Waals surface area contributed by atoms with Crippen molar-refractivity contribution in [1.82, 2.24) is 9.80 Å². The average Bonchev–Trinajstić information content (AvgIpc) is 2.19. The minimum atomic E-state index is 0.639. The summed E-state index contributed by atoms with van der Waals surface area (Å²) in [7, 11) is 2.19. The Kier molecular flexibility index (Phi) is 7.94. The van der Waals surface area contributed by atoms with Gasteiger partial charge < -0.3 is 14.6 Å². The van der Waals surface area contributed by atoms with E-state index in [1.807, 2.05) is 6.92 Å². The molecule has 13 heavy (non-hydrogen) atoms. The molecule has 3 heteroatoms. The molecule has 1 fully saturated rings. The van der Waals surface area contributed by atoms with Gasteiger partial charge in [0.15, 0.2) is 0 Å². The van der Waals surface area contributed by atoms with Gasteiger partial charge in [0.05, 0.1) is 0 Å². The van der Waals surface area contributed by atoms with Gasteiger partial charge in [-0.15, -0.1) is 0 Å². The van der Waals surface area contributed by atoms with Gasteiger partial charge >= 0.3 is 0 Å². The lowest BCUT2D eigenvalue weighted by atomic mass is 10.3. The zero-order chi connectivity index (χ0) is 10.1. The van der Waals surface area contributed by atoms with Crippen molar-refractivity contribution in [3.63, 3.8) is 0 Å². The second-order valence-corrected chi connectivity index (χ2v) is 3.31. The highest BCUT2D eigenvalue weighted by Gasteiger charge is 2.10. The highest BCUT2D eigenvalue weighted by molar-refractivity contribution is 5.48. The van der Waals surface area contributed by atoms with E-state index in [0.717, 1.165) is 6.29 Å². The third-order valence-corrected chi connectivity index (χ3v) is 2.21. The molecule has 0 N–H and O–H groups in total.